The van der Waals surface area contributed by atoms with Gasteiger partial charge in [0.25, 0.3) is 0 Å². The summed E-state index contributed by atoms with van der Waals surface area (Å²) < 4.78 is 0. The zero-order chi connectivity index (χ0) is 10.7. The molecule has 0 heterocycles. The maximum Gasteiger partial charge on any atom is 0.182 e. The molecule has 1 aromatic carbocycles. The van der Waals surface area contributed by atoms with Crippen LogP contribution >= 0.6 is 11.6 Å². The molecule has 3 nitrogen and oxygen atoms in total. The Hall–Kier alpha value is -1.53. The van der Waals surface area contributed by atoms with E-state index in [0.717, 1.165) is 0 Å². The highest BCUT2D eigenvalue weighted by Crippen LogP contribution is 2.19. The first-order valence-corrected chi connectivity index (χ1v) is 4.48. The van der Waals surface area contributed by atoms with E-state index >= 15 is 0 Å². The number of hydrogen-bond donors (Lipinski definition) is 1. The lowest BCUT2D eigenvalue weighted by Gasteiger charge is -2.06. The fourth-order valence-corrected chi connectivity index (χ4v) is 1.21. The molecule has 0 aliphatic heterocycles. The number of carbonyl (C=O) groups is 1. The molecule has 4 heteroatoms. The fourth-order valence-electron chi connectivity index (χ4n) is 1.09. The van der Waals surface area contributed by atoms with Crippen LogP contribution in [0.4, 0.5) is 5.69 Å². The number of ketones is 1. The normalized spacial score (nSPS) is 11.8. The average Bonchev–Trinajstić information content (AvgIpc) is 2.17. The van der Waals surface area contributed by atoms with Gasteiger partial charge in [-0.3, -0.25) is 4.79 Å². The number of nitrogens with two attached hydrogens (primary N) is 1. The SMILES string of the molecule is CC(Cl)C(=O)c1cccc(C#N)c1N. The van der Waals surface area contributed by atoms with Crippen molar-refractivity contribution in [3.8, 4) is 6.07 Å². The van der Waals surface area contributed by atoms with Crippen molar-refractivity contribution in [2.24, 2.45) is 0 Å². The number of anilines is 1. The molecular weight excluding hydrogens is 200 g/mol. The first-order valence-electron chi connectivity index (χ1n) is 4.04. The summed E-state index contributed by atoms with van der Waals surface area (Å²) in [5.41, 5.74) is 6.44. The second-order valence-corrected chi connectivity index (χ2v) is 3.51. The Bertz CT molecular complexity index is 407. The number of halogens is 1. The topological polar surface area (TPSA) is 66.9 Å². The van der Waals surface area contributed by atoms with Gasteiger partial charge in [0.1, 0.15) is 6.07 Å². The van der Waals surface area contributed by atoms with Crippen molar-refractivity contribution in [2.45, 2.75) is 12.3 Å². The Kier molecular flexibility index (Phi) is 3.10. The Morgan fingerprint density at radius 2 is 2.29 bits per heavy atom. The van der Waals surface area contributed by atoms with Gasteiger partial charge in [0.15, 0.2) is 5.78 Å². The number of nitriles is 1. The summed E-state index contributed by atoms with van der Waals surface area (Å²) in [6.45, 7) is 1.57. The zero-order valence-corrected chi connectivity index (χ0v) is 8.38. The number of carbonyl (C=O) groups excluding carboxylic acids is 1. The summed E-state index contributed by atoms with van der Waals surface area (Å²) in [6.07, 6.45) is 0. The Morgan fingerprint density at radius 3 is 2.79 bits per heavy atom. The minimum absolute atomic E-state index is 0.201. The molecule has 0 radical (unpaired) electrons. The van der Waals surface area contributed by atoms with Gasteiger partial charge in [-0.25, -0.2) is 0 Å². The van der Waals surface area contributed by atoms with Crippen LogP contribution in [-0.4, -0.2) is 11.2 Å². The van der Waals surface area contributed by atoms with Gasteiger partial charge < -0.3 is 5.73 Å². The second kappa shape index (κ2) is 4.12. The highest BCUT2D eigenvalue weighted by molar-refractivity contribution is 6.34. The van der Waals surface area contributed by atoms with Crippen LogP contribution < -0.4 is 5.73 Å². The van der Waals surface area contributed by atoms with E-state index in [4.69, 9.17) is 22.6 Å². The number of alkyl halides is 1. The van der Waals surface area contributed by atoms with Crippen LogP contribution in [0.1, 0.15) is 22.8 Å². The summed E-state index contributed by atoms with van der Waals surface area (Å²) in [6, 6.07) is 6.65. The van der Waals surface area contributed by atoms with Crippen molar-refractivity contribution in [1.29, 1.82) is 5.26 Å². The van der Waals surface area contributed by atoms with E-state index in [0.29, 0.717) is 11.1 Å². The molecule has 0 spiro atoms. The number of para-hydroxylation sites is 1. The molecule has 2 N–H and O–H groups in total. The van der Waals surface area contributed by atoms with E-state index < -0.39 is 5.38 Å². The third-order valence-electron chi connectivity index (χ3n) is 1.85. The first kappa shape index (κ1) is 10.6. The van der Waals surface area contributed by atoms with Crippen molar-refractivity contribution < 1.29 is 4.79 Å². The van der Waals surface area contributed by atoms with Crippen LogP contribution in [0.3, 0.4) is 0 Å². The standard InChI is InChI=1S/C10H9ClN2O/c1-6(11)10(14)8-4-2-3-7(5-12)9(8)13/h2-4,6H,13H2,1H3. The quantitative estimate of drug-likeness (QED) is 0.459. The van der Waals surface area contributed by atoms with Crippen molar-refractivity contribution in [3.05, 3.63) is 29.3 Å². The summed E-state index contributed by atoms with van der Waals surface area (Å²) in [4.78, 5) is 11.5. The summed E-state index contributed by atoms with van der Waals surface area (Å²) >= 11 is 5.64. The lowest BCUT2D eigenvalue weighted by Crippen LogP contribution is -2.13. The van der Waals surface area contributed by atoms with Gasteiger partial charge in [-0.05, 0) is 19.1 Å². The smallest absolute Gasteiger partial charge is 0.182 e. The van der Waals surface area contributed by atoms with Gasteiger partial charge in [-0.1, -0.05) is 6.07 Å². The lowest BCUT2D eigenvalue weighted by molar-refractivity contribution is 0.0992. The van der Waals surface area contributed by atoms with Crippen LogP contribution in [-0.2, 0) is 0 Å². The molecule has 0 aromatic heterocycles. The summed E-state index contributed by atoms with van der Waals surface area (Å²) in [7, 11) is 0. The van der Waals surface area contributed by atoms with Crippen molar-refractivity contribution >= 4 is 23.1 Å². The molecule has 72 valence electrons. The first-order chi connectivity index (χ1) is 6.57. The van der Waals surface area contributed by atoms with Crippen molar-refractivity contribution in [1.82, 2.24) is 0 Å². The predicted octanol–water partition coefficient (Wildman–Crippen LogP) is 1.95. The molecule has 0 aliphatic rings. The van der Waals surface area contributed by atoms with Gasteiger partial charge in [0.2, 0.25) is 0 Å². The van der Waals surface area contributed by atoms with Crippen LogP contribution in [0.25, 0.3) is 0 Å². The third-order valence-corrected chi connectivity index (χ3v) is 2.05. The minimum Gasteiger partial charge on any atom is -0.397 e. The number of nitrogens with zero attached hydrogens (tertiary/aromatic N) is 1. The van der Waals surface area contributed by atoms with E-state index in [2.05, 4.69) is 0 Å². The van der Waals surface area contributed by atoms with E-state index in [1.807, 2.05) is 6.07 Å². The molecule has 0 aliphatic carbocycles. The monoisotopic (exact) mass is 208 g/mol. The molecule has 0 saturated carbocycles. The molecule has 1 unspecified atom stereocenters. The highest BCUT2D eigenvalue weighted by Gasteiger charge is 2.16. The van der Waals surface area contributed by atoms with Gasteiger partial charge in [0, 0.05) is 5.56 Å². The number of Topliss-reactive ketones (excluding diaryl/α,β-unsaturated/α-hetero) is 1. The zero-order valence-electron chi connectivity index (χ0n) is 7.62. The average molecular weight is 209 g/mol. The molecule has 0 bridgehead atoms. The second-order valence-electron chi connectivity index (χ2n) is 2.86. The number of benzene rings is 1. The van der Waals surface area contributed by atoms with Gasteiger partial charge in [-0.15, -0.1) is 11.6 Å². The molecule has 1 atom stereocenters. The Labute approximate surface area is 87.1 Å². The molecule has 0 saturated heterocycles. The Balaban J connectivity index is 3.24. The fraction of sp³-hybridized carbons (Fsp3) is 0.200. The maximum absolute atomic E-state index is 11.5. The van der Waals surface area contributed by atoms with Crippen molar-refractivity contribution in [3.63, 3.8) is 0 Å². The molecule has 0 fully saturated rings. The molecule has 1 aromatic rings. The Morgan fingerprint density at radius 1 is 1.64 bits per heavy atom. The van der Waals surface area contributed by atoms with Gasteiger partial charge in [0.05, 0.1) is 16.6 Å². The van der Waals surface area contributed by atoms with Gasteiger partial charge in [-0.2, -0.15) is 5.26 Å². The maximum atomic E-state index is 11.5. The minimum atomic E-state index is -0.633. The molecule has 0 amide bonds. The molecule has 1 rings (SSSR count). The number of rotatable bonds is 2. The predicted molar refractivity (Wildman–Crippen MR) is 55.2 cm³/mol. The summed E-state index contributed by atoms with van der Waals surface area (Å²) in [5.74, 6) is -0.263. The number of nitrogen functional groups attached to an aromatic ring is 1. The summed E-state index contributed by atoms with van der Waals surface area (Å²) in [5, 5.41) is 8.06. The molecule has 14 heavy (non-hydrogen) atoms. The largest absolute Gasteiger partial charge is 0.397 e. The van der Waals surface area contributed by atoms with Crippen LogP contribution in [0.15, 0.2) is 18.2 Å². The lowest BCUT2D eigenvalue weighted by atomic mass is 10.0. The van der Waals surface area contributed by atoms with Crippen LogP contribution in [0, 0.1) is 11.3 Å². The van der Waals surface area contributed by atoms with Crippen LogP contribution in [0.2, 0.25) is 0 Å². The number of hydrogen-bond acceptors (Lipinski definition) is 3. The highest BCUT2D eigenvalue weighted by atomic mass is 35.5. The van der Waals surface area contributed by atoms with E-state index in [9.17, 15) is 4.79 Å². The molecular formula is C10H9ClN2O. The van der Waals surface area contributed by atoms with Crippen molar-refractivity contribution in [2.75, 3.05) is 5.73 Å². The van der Waals surface area contributed by atoms with E-state index in [1.165, 1.54) is 0 Å². The third kappa shape index (κ3) is 1.86. The van der Waals surface area contributed by atoms with E-state index in [1.54, 1.807) is 25.1 Å². The van der Waals surface area contributed by atoms with Crippen LogP contribution in [0.5, 0.6) is 0 Å². The van der Waals surface area contributed by atoms with Gasteiger partial charge >= 0.3 is 0 Å². The van der Waals surface area contributed by atoms with E-state index in [-0.39, 0.29) is 11.5 Å².